The number of hydrogen-bond donors (Lipinski definition) is 0. The number of amides is 1. The number of nitrogens with zero attached hydrogens (tertiary/aromatic N) is 1. The normalized spacial score (nSPS) is 14.8. The zero-order valence-corrected chi connectivity index (χ0v) is 21.6. The van der Waals surface area contributed by atoms with Crippen LogP contribution in [0.15, 0.2) is 76.1 Å². The highest BCUT2D eigenvalue weighted by molar-refractivity contribution is 9.10. The highest BCUT2D eigenvalue weighted by atomic mass is 79.9. The maximum absolute atomic E-state index is 13.0. The average Bonchev–Trinajstić information content (AvgIpc) is 3.08. The summed E-state index contributed by atoms with van der Waals surface area (Å²) in [5.74, 6) is 1.06. The molecule has 0 spiro atoms. The Morgan fingerprint density at radius 2 is 1.82 bits per heavy atom. The lowest BCUT2D eigenvalue weighted by atomic mass is 10.1. The summed E-state index contributed by atoms with van der Waals surface area (Å²) in [5.41, 5.74) is 2.45. The summed E-state index contributed by atoms with van der Waals surface area (Å²) in [5, 5.41) is 0.653. The van der Waals surface area contributed by atoms with Gasteiger partial charge < -0.3 is 9.47 Å². The van der Waals surface area contributed by atoms with E-state index in [0.717, 1.165) is 21.3 Å². The molecule has 1 fully saturated rings. The molecule has 0 bridgehead atoms. The number of hydrogen-bond acceptors (Lipinski definition) is 5. The van der Waals surface area contributed by atoms with Crippen LogP contribution in [-0.4, -0.2) is 16.8 Å². The van der Waals surface area contributed by atoms with Gasteiger partial charge in [0.05, 0.1) is 17.2 Å². The highest BCUT2D eigenvalue weighted by Gasteiger charge is 2.33. The van der Waals surface area contributed by atoms with E-state index in [0.29, 0.717) is 39.0 Å². The number of halogens is 2. The van der Waals surface area contributed by atoms with E-state index < -0.39 is 0 Å². The first kappa shape index (κ1) is 23.8. The van der Waals surface area contributed by atoms with Gasteiger partial charge in [0.15, 0.2) is 15.8 Å². The molecule has 33 heavy (non-hydrogen) atoms. The highest BCUT2D eigenvalue weighted by Crippen LogP contribution is 2.37. The van der Waals surface area contributed by atoms with E-state index >= 15 is 0 Å². The van der Waals surface area contributed by atoms with Crippen molar-refractivity contribution in [3.63, 3.8) is 0 Å². The number of carbonyl (C=O) groups excluding carboxylic acids is 1. The Balaban J connectivity index is 1.55. The lowest BCUT2D eigenvalue weighted by Crippen LogP contribution is -2.27. The number of anilines is 1. The van der Waals surface area contributed by atoms with Crippen LogP contribution in [0.5, 0.6) is 11.5 Å². The van der Waals surface area contributed by atoms with Gasteiger partial charge in [-0.3, -0.25) is 9.69 Å². The minimum atomic E-state index is -0.149. The van der Waals surface area contributed by atoms with Crippen molar-refractivity contribution in [2.75, 3.05) is 11.5 Å². The second-order valence-corrected chi connectivity index (χ2v) is 10.0. The topological polar surface area (TPSA) is 38.8 Å². The van der Waals surface area contributed by atoms with E-state index in [2.05, 4.69) is 15.9 Å². The molecule has 0 N–H and O–H groups in total. The molecule has 0 unspecified atom stereocenters. The molecule has 0 aliphatic carbocycles. The summed E-state index contributed by atoms with van der Waals surface area (Å²) in [6.07, 6.45) is 1.82. The molecule has 8 heteroatoms. The van der Waals surface area contributed by atoms with E-state index in [1.165, 1.54) is 11.8 Å². The van der Waals surface area contributed by atoms with Crippen molar-refractivity contribution in [2.24, 2.45) is 0 Å². The van der Waals surface area contributed by atoms with Crippen LogP contribution >= 0.6 is 51.5 Å². The summed E-state index contributed by atoms with van der Waals surface area (Å²) in [6.45, 7) is 2.72. The van der Waals surface area contributed by atoms with Gasteiger partial charge in [0, 0.05) is 15.1 Å². The van der Waals surface area contributed by atoms with Crippen LogP contribution in [-0.2, 0) is 11.4 Å². The third-order valence-corrected chi connectivity index (χ3v) is 6.98. The van der Waals surface area contributed by atoms with Crippen molar-refractivity contribution < 1.29 is 14.3 Å². The number of thiocarbonyl (C=S) groups is 1. The number of rotatable bonds is 7. The van der Waals surface area contributed by atoms with E-state index in [1.807, 2.05) is 79.7 Å². The molecule has 1 heterocycles. The number of carbonyl (C=O) groups is 1. The minimum Gasteiger partial charge on any atom is -0.490 e. The molecule has 3 aromatic rings. The second kappa shape index (κ2) is 10.7. The van der Waals surface area contributed by atoms with Crippen molar-refractivity contribution in [1.29, 1.82) is 0 Å². The predicted molar refractivity (Wildman–Crippen MR) is 143 cm³/mol. The van der Waals surface area contributed by atoms with Crippen molar-refractivity contribution in [3.05, 3.63) is 92.3 Å². The molecule has 3 aromatic carbocycles. The standard InChI is InChI=1S/C25H19BrClNO3S2/c1-2-30-22-13-16(7-12-21(22)31-15-17-5-3-4-6-20(17)27)14-23-24(29)28(25(32)33-23)19-10-8-18(26)9-11-19/h3-14H,2,15H2,1H3/b23-14+. The van der Waals surface area contributed by atoms with Crippen molar-refractivity contribution in [3.8, 4) is 11.5 Å². The summed E-state index contributed by atoms with van der Waals surface area (Å²) in [7, 11) is 0. The lowest BCUT2D eigenvalue weighted by Gasteiger charge is -2.14. The first-order chi connectivity index (χ1) is 16.0. The zero-order chi connectivity index (χ0) is 23.4. The van der Waals surface area contributed by atoms with Gasteiger partial charge in [-0.1, -0.05) is 75.8 Å². The Morgan fingerprint density at radius 3 is 2.55 bits per heavy atom. The lowest BCUT2D eigenvalue weighted by molar-refractivity contribution is -0.113. The maximum atomic E-state index is 13.0. The van der Waals surface area contributed by atoms with Gasteiger partial charge in [-0.25, -0.2) is 0 Å². The van der Waals surface area contributed by atoms with E-state index in [4.69, 9.17) is 33.3 Å². The van der Waals surface area contributed by atoms with Gasteiger partial charge in [0.1, 0.15) is 6.61 Å². The molecule has 1 saturated heterocycles. The molecular weight excluding hydrogens is 542 g/mol. The molecule has 168 valence electrons. The predicted octanol–water partition coefficient (Wildman–Crippen LogP) is 7.49. The van der Waals surface area contributed by atoms with Crippen LogP contribution in [0.3, 0.4) is 0 Å². The molecular formula is C25H19BrClNO3S2. The molecule has 0 atom stereocenters. The van der Waals surface area contributed by atoms with Crippen LogP contribution in [0.25, 0.3) is 6.08 Å². The Morgan fingerprint density at radius 1 is 1.06 bits per heavy atom. The molecule has 1 amide bonds. The van der Waals surface area contributed by atoms with Gasteiger partial charge >= 0.3 is 0 Å². The molecule has 4 nitrogen and oxygen atoms in total. The summed E-state index contributed by atoms with van der Waals surface area (Å²) in [4.78, 5) is 15.1. The number of thioether (sulfide) groups is 1. The van der Waals surface area contributed by atoms with Gasteiger partial charge in [-0.15, -0.1) is 0 Å². The monoisotopic (exact) mass is 559 g/mol. The number of benzene rings is 3. The Bertz CT molecular complexity index is 1230. The van der Waals surface area contributed by atoms with E-state index in [9.17, 15) is 4.79 Å². The van der Waals surface area contributed by atoms with Gasteiger partial charge in [0.25, 0.3) is 5.91 Å². The molecule has 0 saturated carbocycles. The van der Waals surface area contributed by atoms with E-state index in [-0.39, 0.29) is 5.91 Å². The first-order valence-electron chi connectivity index (χ1n) is 10.1. The Kier molecular flexibility index (Phi) is 7.75. The summed E-state index contributed by atoms with van der Waals surface area (Å²) < 4.78 is 13.2. The van der Waals surface area contributed by atoms with Crippen molar-refractivity contribution in [2.45, 2.75) is 13.5 Å². The molecule has 1 aliphatic heterocycles. The maximum Gasteiger partial charge on any atom is 0.270 e. The van der Waals surface area contributed by atoms with Gasteiger partial charge in [0.2, 0.25) is 0 Å². The Hall–Kier alpha value is -2.32. The van der Waals surface area contributed by atoms with Crippen LogP contribution in [0.1, 0.15) is 18.1 Å². The fourth-order valence-electron chi connectivity index (χ4n) is 3.20. The quantitative estimate of drug-likeness (QED) is 0.221. The second-order valence-electron chi connectivity index (χ2n) is 7.01. The number of ether oxygens (including phenoxy) is 2. The smallest absolute Gasteiger partial charge is 0.270 e. The van der Waals surface area contributed by atoms with Crippen LogP contribution in [0, 0.1) is 0 Å². The fourth-order valence-corrected chi connectivity index (χ4v) is 4.96. The molecule has 0 radical (unpaired) electrons. The van der Waals surface area contributed by atoms with Crippen LogP contribution < -0.4 is 14.4 Å². The SMILES string of the molecule is CCOc1cc(/C=C2/SC(=S)N(c3ccc(Br)cc3)C2=O)ccc1OCc1ccccc1Cl. The molecule has 4 rings (SSSR count). The fraction of sp³-hybridized carbons (Fsp3) is 0.120. The van der Waals surface area contributed by atoms with Crippen LogP contribution in [0.2, 0.25) is 5.02 Å². The van der Waals surface area contributed by atoms with Gasteiger partial charge in [-0.05, 0) is 61.0 Å². The van der Waals surface area contributed by atoms with E-state index in [1.54, 1.807) is 4.90 Å². The van der Waals surface area contributed by atoms with Gasteiger partial charge in [-0.2, -0.15) is 0 Å². The largest absolute Gasteiger partial charge is 0.490 e. The van der Waals surface area contributed by atoms with Crippen molar-refractivity contribution in [1.82, 2.24) is 0 Å². The first-order valence-corrected chi connectivity index (χ1v) is 12.5. The molecule has 1 aliphatic rings. The zero-order valence-electron chi connectivity index (χ0n) is 17.6. The van der Waals surface area contributed by atoms with Crippen molar-refractivity contribution >= 4 is 73.5 Å². The average molecular weight is 561 g/mol. The minimum absolute atomic E-state index is 0.149. The van der Waals surface area contributed by atoms with Crippen LogP contribution in [0.4, 0.5) is 5.69 Å². The third kappa shape index (κ3) is 5.61. The summed E-state index contributed by atoms with van der Waals surface area (Å²) in [6, 6.07) is 20.6. The third-order valence-electron chi connectivity index (χ3n) is 4.78. The Labute approximate surface area is 215 Å². The summed E-state index contributed by atoms with van der Waals surface area (Å²) >= 11 is 16.4. The molecule has 0 aromatic heterocycles.